The van der Waals surface area contributed by atoms with E-state index in [0.29, 0.717) is 0 Å². The van der Waals surface area contributed by atoms with E-state index in [1.165, 1.54) is 0 Å². The average Bonchev–Trinajstić information content (AvgIpc) is 2.77. The quantitative estimate of drug-likeness (QED) is 0.846. The molecule has 2 unspecified atom stereocenters. The van der Waals surface area contributed by atoms with Crippen molar-refractivity contribution in [3.63, 3.8) is 0 Å². The number of nitrogens with two attached hydrogens (primary N) is 1. The second kappa shape index (κ2) is 8.45. The zero-order valence-electron chi connectivity index (χ0n) is 11.1. The van der Waals surface area contributed by atoms with Gasteiger partial charge in [0.25, 0.3) is 0 Å². The summed E-state index contributed by atoms with van der Waals surface area (Å²) >= 11 is 1.63. The number of aryl methyl sites for hydroxylation is 1. The van der Waals surface area contributed by atoms with Crippen LogP contribution in [0.5, 0.6) is 0 Å². The molecular weight excluding hydrogens is 270 g/mol. The number of hydrogen-bond acceptors (Lipinski definition) is 4. The van der Waals surface area contributed by atoms with Crippen molar-refractivity contribution in [1.29, 1.82) is 0 Å². The van der Waals surface area contributed by atoms with Crippen molar-refractivity contribution in [3.05, 3.63) is 16.1 Å². The fraction of sp³-hybridized carbons (Fsp3) is 0.667. The van der Waals surface area contributed by atoms with E-state index in [9.17, 15) is 4.79 Å². The number of aromatic nitrogens is 1. The molecule has 4 nitrogen and oxygen atoms in total. The number of nitrogens with zero attached hydrogens (tertiary/aromatic N) is 1. The maximum absolute atomic E-state index is 11.7. The molecule has 0 spiro atoms. The summed E-state index contributed by atoms with van der Waals surface area (Å²) in [6.07, 6.45) is 2.57. The molecule has 0 saturated carbocycles. The predicted octanol–water partition coefficient (Wildman–Crippen LogP) is 2.43. The molecule has 6 heteroatoms. The van der Waals surface area contributed by atoms with Crippen molar-refractivity contribution in [1.82, 2.24) is 10.3 Å². The van der Waals surface area contributed by atoms with Gasteiger partial charge in [-0.15, -0.1) is 23.7 Å². The Morgan fingerprint density at radius 3 is 2.72 bits per heavy atom. The molecule has 1 aromatic rings. The highest BCUT2D eigenvalue weighted by atomic mass is 35.5. The first-order valence-electron chi connectivity index (χ1n) is 6.08. The lowest BCUT2D eigenvalue weighted by molar-refractivity contribution is -0.123. The summed E-state index contributed by atoms with van der Waals surface area (Å²) in [6.45, 7) is 6.03. The number of thiazole rings is 1. The van der Waals surface area contributed by atoms with Crippen molar-refractivity contribution in [3.8, 4) is 0 Å². The van der Waals surface area contributed by atoms with Gasteiger partial charge in [-0.25, -0.2) is 4.98 Å². The first-order valence-corrected chi connectivity index (χ1v) is 6.96. The standard InChI is InChI=1S/C12H21N3OS.ClH/c1-4-6-9(13)12(16)14-8(3)10-7-17-11(5-2)15-10;/h7-9H,4-6,13H2,1-3H3,(H,14,16);1H. The van der Waals surface area contributed by atoms with E-state index in [-0.39, 0.29) is 24.4 Å². The van der Waals surface area contributed by atoms with Gasteiger partial charge in [0.05, 0.1) is 22.8 Å². The summed E-state index contributed by atoms with van der Waals surface area (Å²) < 4.78 is 0. The topological polar surface area (TPSA) is 68.0 Å². The minimum atomic E-state index is -0.410. The summed E-state index contributed by atoms with van der Waals surface area (Å²) in [5, 5.41) is 5.99. The van der Waals surface area contributed by atoms with E-state index in [1.807, 2.05) is 19.2 Å². The van der Waals surface area contributed by atoms with E-state index >= 15 is 0 Å². The van der Waals surface area contributed by atoms with Crippen molar-refractivity contribution >= 4 is 29.7 Å². The van der Waals surface area contributed by atoms with E-state index in [0.717, 1.165) is 30.0 Å². The van der Waals surface area contributed by atoms with Crippen LogP contribution in [0.15, 0.2) is 5.38 Å². The second-order valence-corrected chi connectivity index (χ2v) is 5.09. The molecule has 0 aliphatic heterocycles. The SMILES string of the molecule is CCCC(N)C(=O)NC(C)c1csc(CC)n1.Cl. The van der Waals surface area contributed by atoms with E-state index in [1.54, 1.807) is 11.3 Å². The molecule has 1 aromatic heterocycles. The molecule has 18 heavy (non-hydrogen) atoms. The van der Waals surface area contributed by atoms with Crippen LogP contribution in [0.4, 0.5) is 0 Å². The Kier molecular flexibility index (Phi) is 8.15. The van der Waals surface area contributed by atoms with Gasteiger partial charge in [-0.1, -0.05) is 20.3 Å². The van der Waals surface area contributed by atoms with Gasteiger partial charge < -0.3 is 11.1 Å². The molecule has 104 valence electrons. The molecule has 3 N–H and O–H groups in total. The summed E-state index contributed by atoms with van der Waals surface area (Å²) in [4.78, 5) is 16.2. The number of amides is 1. The molecule has 0 aliphatic rings. The summed E-state index contributed by atoms with van der Waals surface area (Å²) in [5.74, 6) is -0.0922. The molecule has 1 heterocycles. The smallest absolute Gasteiger partial charge is 0.237 e. The van der Waals surface area contributed by atoms with Crippen LogP contribution < -0.4 is 11.1 Å². The van der Waals surface area contributed by atoms with Gasteiger partial charge >= 0.3 is 0 Å². The first-order chi connectivity index (χ1) is 8.08. The Bertz CT molecular complexity index is 370. The Balaban J connectivity index is 0.00000289. The highest BCUT2D eigenvalue weighted by molar-refractivity contribution is 7.09. The Morgan fingerprint density at radius 1 is 1.56 bits per heavy atom. The highest BCUT2D eigenvalue weighted by Crippen LogP contribution is 2.17. The third-order valence-corrected chi connectivity index (χ3v) is 3.62. The van der Waals surface area contributed by atoms with Gasteiger partial charge in [0.15, 0.2) is 0 Å². The lowest BCUT2D eigenvalue weighted by Crippen LogP contribution is -2.41. The predicted molar refractivity (Wildman–Crippen MR) is 78.2 cm³/mol. The van der Waals surface area contributed by atoms with Gasteiger partial charge in [0.2, 0.25) is 5.91 Å². The van der Waals surface area contributed by atoms with Crippen molar-refractivity contribution < 1.29 is 4.79 Å². The van der Waals surface area contributed by atoms with Gasteiger partial charge in [-0.05, 0) is 19.8 Å². The van der Waals surface area contributed by atoms with Crippen LogP contribution in [0.3, 0.4) is 0 Å². The van der Waals surface area contributed by atoms with Crippen LogP contribution >= 0.6 is 23.7 Å². The molecule has 0 saturated heterocycles. The zero-order chi connectivity index (χ0) is 12.8. The van der Waals surface area contributed by atoms with Crippen LogP contribution in [-0.2, 0) is 11.2 Å². The van der Waals surface area contributed by atoms with E-state index < -0.39 is 6.04 Å². The second-order valence-electron chi connectivity index (χ2n) is 4.15. The highest BCUT2D eigenvalue weighted by Gasteiger charge is 2.17. The van der Waals surface area contributed by atoms with Crippen molar-refractivity contribution in [2.45, 2.75) is 52.1 Å². The molecule has 0 radical (unpaired) electrons. The fourth-order valence-corrected chi connectivity index (χ4v) is 2.36. The van der Waals surface area contributed by atoms with Crippen LogP contribution in [0.1, 0.15) is 50.4 Å². The molecule has 1 amide bonds. The Hall–Kier alpha value is -0.650. The average molecular weight is 292 g/mol. The van der Waals surface area contributed by atoms with Crippen molar-refractivity contribution in [2.24, 2.45) is 5.73 Å². The third-order valence-electron chi connectivity index (χ3n) is 2.61. The molecular formula is C12H22ClN3OS. The van der Waals surface area contributed by atoms with Gasteiger partial charge in [0, 0.05) is 5.38 Å². The van der Waals surface area contributed by atoms with Gasteiger partial charge in [-0.2, -0.15) is 0 Å². The van der Waals surface area contributed by atoms with Crippen LogP contribution in [0, 0.1) is 0 Å². The molecule has 0 fully saturated rings. The van der Waals surface area contributed by atoms with Crippen molar-refractivity contribution in [2.75, 3.05) is 0 Å². The molecule has 0 bridgehead atoms. The summed E-state index contributed by atoms with van der Waals surface area (Å²) in [6, 6.07) is -0.478. The third kappa shape index (κ3) is 4.92. The number of rotatable bonds is 6. The van der Waals surface area contributed by atoms with Crippen LogP contribution in [0.25, 0.3) is 0 Å². The molecule has 1 rings (SSSR count). The molecule has 2 atom stereocenters. The normalized spacial score (nSPS) is 13.6. The van der Waals surface area contributed by atoms with Crippen LogP contribution in [-0.4, -0.2) is 16.9 Å². The minimum Gasteiger partial charge on any atom is -0.347 e. The number of carbonyl (C=O) groups excluding carboxylic acids is 1. The van der Waals surface area contributed by atoms with Gasteiger partial charge in [-0.3, -0.25) is 4.79 Å². The monoisotopic (exact) mass is 291 g/mol. The molecule has 0 aromatic carbocycles. The number of carbonyl (C=O) groups is 1. The maximum atomic E-state index is 11.7. The number of hydrogen-bond donors (Lipinski definition) is 2. The number of halogens is 1. The summed E-state index contributed by atoms with van der Waals surface area (Å²) in [5.41, 5.74) is 6.68. The Labute approximate surface area is 119 Å². The lowest BCUT2D eigenvalue weighted by atomic mass is 10.1. The summed E-state index contributed by atoms with van der Waals surface area (Å²) in [7, 11) is 0. The van der Waals surface area contributed by atoms with Crippen LogP contribution in [0.2, 0.25) is 0 Å². The fourth-order valence-electron chi connectivity index (χ4n) is 1.52. The largest absolute Gasteiger partial charge is 0.347 e. The minimum absolute atomic E-state index is 0. The maximum Gasteiger partial charge on any atom is 0.237 e. The van der Waals surface area contributed by atoms with Gasteiger partial charge in [0.1, 0.15) is 0 Å². The Morgan fingerprint density at radius 2 is 2.22 bits per heavy atom. The first kappa shape index (κ1) is 17.4. The lowest BCUT2D eigenvalue weighted by Gasteiger charge is -2.15. The molecule has 0 aliphatic carbocycles. The zero-order valence-corrected chi connectivity index (χ0v) is 12.7. The number of nitrogens with one attached hydrogen (secondary N) is 1. The van der Waals surface area contributed by atoms with E-state index in [2.05, 4.69) is 17.2 Å². The van der Waals surface area contributed by atoms with E-state index in [4.69, 9.17) is 5.73 Å².